The van der Waals surface area contributed by atoms with Crippen LogP contribution in [0, 0.1) is 13.8 Å². The van der Waals surface area contributed by atoms with Crippen molar-refractivity contribution < 1.29 is 8.42 Å². The van der Waals surface area contributed by atoms with Crippen molar-refractivity contribution in [3.8, 4) is 0 Å². The van der Waals surface area contributed by atoms with Crippen LogP contribution in [0.3, 0.4) is 0 Å². The number of sulfonamides is 1. The van der Waals surface area contributed by atoms with E-state index >= 15 is 0 Å². The van der Waals surface area contributed by atoms with Gasteiger partial charge in [-0.05, 0) is 50.1 Å². The highest BCUT2D eigenvalue weighted by Crippen LogP contribution is 2.22. The van der Waals surface area contributed by atoms with Crippen LogP contribution in [0.2, 0.25) is 0 Å². The van der Waals surface area contributed by atoms with Crippen LogP contribution in [0.4, 0.5) is 0 Å². The Kier molecular flexibility index (Phi) is 4.86. The summed E-state index contributed by atoms with van der Waals surface area (Å²) in [7, 11) is -3.53. The molecule has 0 amide bonds. The number of aryl methyl sites for hydroxylation is 2. The van der Waals surface area contributed by atoms with Crippen LogP contribution in [-0.2, 0) is 10.0 Å². The van der Waals surface area contributed by atoms with Gasteiger partial charge in [0, 0.05) is 10.5 Å². The molecule has 0 radical (unpaired) electrons. The van der Waals surface area contributed by atoms with E-state index in [1.54, 1.807) is 6.07 Å². The van der Waals surface area contributed by atoms with E-state index < -0.39 is 10.0 Å². The molecule has 2 rings (SSSR count). The molecule has 2 aromatic rings. The second kappa shape index (κ2) is 6.30. The molecule has 1 atom stereocenters. The lowest BCUT2D eigenvalue weighted by atomic mass is 10.1. The molecule has 0 aromatic heterocycles. The zero-order valence-electron chi connectivity index (χ0n) is 12.2. The first-order valence-corrected chi connectivity index (χ1v) is 8.92. The number of benzene rings is 2. The Labute approximate surface area is 134 Å². The molecule has 1 N–H and O–H groups in total. The maximum atomic E-state index is 12.5. The normalized spacial score (nSPS) is 13.1. The third kappa shape index (κ3) is 3.93. The maximum Gasteiger partial charge on any atom is 0.241 e. The molecule has 0 fully saturated rings. The van der Waals surface area contributed by atoms with Crippen LogP contribution in [0.5, 0.6) is 0 Å². The van der Waals surface area contributed by atoms with Crippen molar-refractivity contribution in [3.05, 3.63) is 63.6 Å². The minimum atomic E-state index is -3.53. The number of hydrogen-bond donors (Lipinski definition) is 1. The second-order valence-electron chi connectivity index (χ2n) is 5.17. The lowest BCUT2D eigenvalue weighted by molar-refractivity contribution is 0.566. The summed E-state index contributed by atoms with van der Waals surface area (Å²) < 4.78 is 28.7. The fraction of sp³-hybridized carbons (Fsp3) is 0.250. The SMILES string of the molecule is Cc1ccc(S(=O)(=O)N[C@@H](C)c2cccc(Br)c2)c(C)c1. The summed E-state index contributed by atoms with van der Waals surface area (Å²) in [5.74, 6) is 0. The number of nitrogens with one attached hydrogen (secondary N) is 1. The van der Waals surface area contributed by atoms with Gasteiger partial charge in [0.1, 0.15) is 0 Å². The van der Waals surface area contributed by atoms with Crippen molar-refractivity contribution in [2.75, 3.05) is 0 Å². The van der Waals surface area contributed by atoms with Gasteiger partial charge in [0.25, 0.3) is 0 Å². The summed E-state index contributed by atoms with van der Waals surface area (Å²) in [6.45, 7) is 5.59. The number of rotatable bonds is 4. The lowest BCUT2D eigenvalue weighted by Crippen LogP contribution is -2.27. The molecule has 21 heavy (non-hydrogen) atoms. The van der Waals surface area contributed by atoms with Crippen LogP contribution in [0.25, 0.3) is 0 Å². The maximum absolute atomic E-state index is 12.5. The van der Waals surface area contributed by atoms with Crippen LogP contribution < -0.4 is 4.72 Å². The monoisotopic (exact) mass is 367 g/mol. The summed E-state index contributed by atoms with van der Waals surface area (Å²) in [6.07, 6.45) is 0. The Hall–Kier alpha value is -1.17. The molecule has 5 heteroatoms. The molecule has 0 aliphatic heterocycles. The summed E-state index contributed by atoms with van der Waals surface area (Å²) in [4.78, 5) is 0.329. The van der Waals surface area contributed by atoms with Crippen molar-refractivity contribution in [2.24, 2.45) is 0 Å². The van der Waals surface area contributed by atoms with Gasteiger partial charge >= 0.3 is 0 Å². The third-order valence-electron chi connectivity index (χ3n) is 3.30. The Morgan fingerprint density at radius 2 is 1.81 bits per heavy atom. The summed E-state index contributed by atoms with van der Waals surface area (Å²) in [5, 5.41) is 0. The smallest absolute Gasteiger partial charge is 0.207 e. The molecule has 3 nitrogen and oxygen atoms in total. The first-order valence-electron chi connectivity index (χ1n) is 6.64. The van der Waals surface area contributed by atoms with E-state index in [0.29, 0.717) is 4.90 Å². The minimum Gasteiger partial charge on any atom is -0.207 e. The van der Waals surface area contributed by atoms with Gasteiger partial charge < -0.3 is 0 Å². The molecule has 0 aliphatic carbocycles. The van der Waals surface area contributed by atoms with Gasteiger partial charge in [0.15, 0.2) is 0 Å². The molecule has 0 unspecified atom stereocenters. The van der Waals surface area contributed by atoms with E-state index in [2.05, 4.69) is 20.7 Å². The highest BCUT2D eigenvalue weighted by Gasteiger charge is 2.20. The van der Waals surface area contributed by atoms with Gasteiger partial charge in [-0.25, -0.2) is 13.1 Å². The zero-order chi connectivity index (χ0) is 15.6. The van der Waals surface area contributed by atoms with Gasteiger partial charge in [-0.3, -0.25) is 0 Å². The fourth-order valence-electron chi connectivity index (χ4n) is 2.24. The van der Waals surface area contributed by atoms with E-state index in [4.69, 9.17) is 0 Å². The van der Waals surface area contributed by atoms with Gasteiger partial charge in [0.05, 0.1) is 4.90 Å². The summed E-state index contributed by atoms with van der Waals surface area (Å²) >= 11 is 3.40. The van der Waals surface area contributed by atoms with Crippen LogP contribution in [-0.4, -0.2) is 8.42 Å². The van der Waals surface area contributed by atoms with Crippen molar-refractivity contribution in [1.82, 2.24) is 4.72 Å². The first kappa shape index (κ1) is 16.2. The van der Waals surface area contributed by atoms with Gasteiger partial charge in [-0.1, -0.05) is 45.8 Å². The molecule has 0 spiro atoms. The highest BCUT2D eigenvalue weighted by atomic mass is 79.9. The van der Waals surface area contributed by atoms with E-state index in [0.717, 1.165) is 21.2 Å². The standard InChI is InChI=1S/C16H18BrNO2S/c1-11-7-8-16(12(2)9-11)21(19,20)18-13(3)14-5-4-6-15(17)10-14/h4-10,13,18H,1-3H3/t13-/m0/s1. The van der Waals surface area contributed by atoms with Gasteiger partial charge in [0.2, 0.25) is 10.0 Å². The molecule has 2 aromatic carbocycles. The van der Waals surface area contributed by atoms with Crippen molar-refractivity contribution in [2.45, 2.75) is 31.7 Å². The third-order valence-corrected chi connectivity index (χ3v) is 5.49. The molecule has 0 saturated carbocycles. The van der Waals surface area contributed by atoms with Crippen LogP contribution in [0.1, 0.15) is 29.7 Å². The van der Waals surface area contributed by atoms with E-state index in [1.165, 1.54) is 0 Å². The Balaban J connectivity index is 2.29. The first-order chi connectivity index (χ1) is 9.79. The predicted octanol–water partition coefficient (Wildman–Crippen LogP) is 4.11. The second-order valence-corrected chi connectivity index (χ2v) is 7.77. The lowest BCUT2D eigenvalue weighted by Gasteiger charge is -2.16. The molecule has 112 valence electrons. The average Bonchev–Trinajstić information content (AvgIpc) is 2.37. The molecule has 0 saturated heterocycles. The van der Waals surface area contributed by atoms with Crippen LogP contribution in [0.15, 0.2) is 51.8 Å². The molecule has 0 bridgehead atoms. The van der Waals surface area contributed by atoms with E-state index in [1.807, 2.05) is 57.2 Å². The van der Waals surface area contributed by atoms with Gasteiger partial charge in [-0.2, -0.15) is 0 Å². The van der Waals surface area contributed by atoms with E-state index in [9.17, 15) is 8.42 Å². The zero-order valence-corrected chi connectivity index (χ0v) is 14.6. The molecular weight excluding hydrogens is 350 g/mol. The fourth-order valence-corrected chi connectivity index (χ4v) is 4.12. The summed E-state index contributed by atoms with van der Waals surface area (Å²) in [5.41, 5.74) is 2.72. The Morgan fingerprint density at radius 1 is 1.10 bits per heavy atom. The number of hydrogen-bond acceptors (Lipinski definition) is 2. The average molecular weight is 368 g/mol. The Bertz CT molecular complexity index is 757. The molecule has 0 heterocycles. The van der Waals surface area contributed by atoms with Crippen molar-refractivity contribution >= 4 is 26.0 Å². The Morgan fingerprint density at radius 3 is 2.43 bits per heavy atom. The van der Waals surface area contributed by atoms with Crippen LogP contribution >= 0.6 is 15.9 Å². The highest BCUT2D eigenvalue weighted by molar-refractivity contribution is 9.10. The minimum absolute atomic E-state index is 0.298. The number of halogens is 1. The largest absolute Gasteiger partial charge is 0.241 e. The van der Waals surface area contributed by atoms with Crippen molar-refractivity contribution in [3.63, 3.8) is 0 Å². The quantitative estimate of drug-likeness (QED) is 0.883. The van der Waals surface area contributed by atoms with Crippen molar-refractivity contribution in [1.29, 1.82) is 0 Å². The van der Waals surface area contributed by atoms with E-state index in [-0.39, 0.29) is 6.04 Å². The predicted molar refractivity (Wildman–Crippen MR) is 88.8 cm³/mol. The molecule has 0 aliphatic rings. The summed E-state index contributed by atoms with van der Waals surface area (Å²) in [6, 6.07) is 12.7. The molecular formula is C16H18BrNO2S. The van der Waals surface area contributed by atoms with Gasteiger partial charge in [-0.15, -0.1) is 0 Å². The topological polar surface area (TPSA) is 46.2 Å².